The van der Waals surface area contributed by atoms with Crippen LogP contribution in [0.2, 0.25) is 0 Å². The highest BCUT2D eigenvalue weighted by molar-refractivity contribution is 6.01. The first-order chi connectivity index (χ1) is 18.1. The van der Waals surface area contributed by atoms with Crippen LogP contribution in [0.15, 0.2) is 72.9 Å². The van der Waals surface area contributed by atoms with Gasteiger partial charge in [-0.3, -0.25) is 9.59 Å². The fraction of sp³-hybridized carbons (Fsp3) is 0.233. The smallest absolute Gasteiger partial charge is 0.251 e. The van der Waals surface area contributed by atoms with Gasteiger partial charge in [-0.2, -0.15) is 0 Å². The second kappa shape index (κ2) is 11.2. The molecule has 37 heavy (non-hydrogen) atoms. The van der Waals surface area contributed by atoms with Gasteiger partial charge in [-0.05, 0) is 53.8 Å². The number of benzene rings is 2. The van der Waals surface area contributed by atoms with Crippen LogP contribution < -0.4 is 10.1 Å². The third-order valence-electron chi connectivity index (χ3n) is 6.49. The minimum Gasteiger partial charge on any atom is -0.497 e. The number of methoxy groups -OCH3 is 1. The maximum absolute atomic E-state index is 12.9. The van der Waals surface area contributed by atoms with Crippen molar-refractivity contribution in [3.63, 3.8) is 0 Å². The number of amides is 1. The van der Waals surface area contributed by atoms with E-state index in [0.717, 1.165) is 57.8 Å². The number of carbonyl (C=O) groups excluding carboxylic acids is 2. The average Bonchev–Trinajstić information content (AvgIpc) is 3.29. The van der Waals surface area contributed by atoms with E-state index in [0.29, 0.717) is 25.3 Å². The van der Waals surface area contributed by atoms with Crippen molar-refractivity contribution in [1.82, 2.24) is 9.97 Å². The molecule has 0 aliphatic heterocycles. The van der Waals surface area contributed by atoms with Crippen molar-refractivity contribution in [3.8, 4) is 17.0 Å². The highest BCUT2D eigenvalue weighted by Crippen LogP contribution is 2.35. The summed E-state index contributed by atoms with van der Waals surface area (Å²) in [6, 6.07) is 21.4. The van der Waals surface area contributed by atoms with Crippen LogP contribution in [-0.4, -0.2) is 35.4 Å². The number of aromatic amines is 1. The van der Waals surface area contributed by atoms with E-state index in [1.807, 2.05) is 54.6 Å². The molecule has 7 heteroatoms. The molecule has 1 amide bonds. The Morgan fingerprint density at radius 1 is 1.03 bits per heavy atom. The van der Waals surface area contributed by atoms with Crippen LogP contribution in [0.3, 0.4) is 0 Å². The molecular formula is C30H29N3O4. The molecule has 0 fully saturated rings. The average molecular weight is 496 g/mol. The van der Waals surface area contributed by atoms with Crippen molar-refractivity contribution in [2.45, 2.75) is 32.3 Å². The molecule has 1 aliphatic rings. The van der Waals surface area contributed by atoms with E-state index >= 15 is 0 Å². The van der Waals surface area contributed by atoms with Gasteiger partial charge in [0.05, 0.1) is 19.4 Å². The number of aryl methyl sites for hydroxylation is 1. The normalized spacial score (nSPS) is 12.7. The Labute approximate surface area is 215 Å². The van der Waals surface area contributed by atoms with Crippen LogP contribution in [-0.2, 0) is 29.0 Å². The second-order valence-corrected chi connectivity index (χ2v) is 9.09. The number of anilines is 1. The van der Waals surface area contributed by atoms with Gasteiger partial charge in [0, 0.05) is 35.9 Å². The first kappa shape index (κ1) is 24.5. The molecule has 0 spiro atoms. The molecular weight excluding hydrogens is 466 g/mol. The lowest BCUT2D eigenvalue weighted by molar-refractivity contribution is -0.121. The number of aromatic nitrogens is 2. The van der Waals surface area contributed by atoms with E-state index in [1.54, 1.807) is 13.3 Å². The largest absolute Gasteiger partial charge is 0.497 e. The summed E-state index contributed by atoms with van der Waals surface area (Å²) in [6.45, 7) is 0.221. The Morgan fingerprint density at radius 3 is 2.62 bits per heavy atom. The first-order valence-electron chi connectivity index (χ1n) is 12.4. The van der Waals surface area contributed by atoms with Crippen LogP contribution in [0.25, 0.3) is 11.3 Å². The van der Waals surface area contributed by atoms with Gasteiger partial charge in [-0.1, -0.05) is 42.5 Å². The molecule has 7 nitrogen and oxygen atoms in total. The molecule has 5 rings (SSSR count). The molecule has 0 atom stereocenters. The number of Topliss-reactive ketones (excluding diaryl/α,β-unsaturated/α-hetero) is 1. The predicted octanol–water partition coefficient (Wildman–Crippen LogP) is 5.35. The highest BCUT2D eigenvalue weighted by Gasteiger charge is 2.26. The van der Waals surface area contributed by atoms with Crippen LogP contribution in [0.4, 0.5) is 5.82 Å². The highest BCUT2D eigenvalue weighted by atomic mass is 16.5. The lowest BCUT2D eigenvalue weighted by Gasteiger charge is -2.12. The maximum atomic E-state index is 12.9. The molecule has 2 aromatic heterocycles. The second-order valence-electron chi connectivity index (χ2n) is 9.09. The molecule has 0 unspecified atom stereocenters. The summed E-state index contributed by atoms with van der Waals surface area (Å²) in [7, 11) is 1.62. The summed E-state index contributed by atoms with van der Waals surface area (Å²) in [5.41, 5.74) is 6.67. The summed E-state index contributed by atoms with van der Waals surface area (Å²) in [5, 5.41) is 2.82. The number of fused-ring (bicyclic) bond motifs is 1. The SMILES string of the molecule is COc1ccc(COCC(=O)Nc2cc(-c3[nH]c4c(c3Cc3ccccc3)C(=O)CCC4)ccn2)cc1. The van der Waals surface area contributed by atoms with Crippen molar-refractivity contribution in [1.29, 1.82) is 0 Å². The van der Waals surface area contributed by atoms with Gasteiger partial charge in [0.15, 0.2) is 5.78 Å². The van der Waals surface area contributed by atoms with Gasteiger partial charge < -0.3 is 19.8 Å². The number of carbonyl (C=O) groups is 2. The summed E-state index contributed by atoms with van der Waals surface area (Å²) in [4.78, 5) is 33.2. The Morgan fingerprint density at radius 2 is 1.84 bits per heavy atom. The standard InChI is InChI=1S/C30H29N3O4/c1-36-23-12-10-21(11-13-23)18-37-19-28(35)33-27-17-22(14-15-31-27)30-24(16-20-6-3-2-4-7-20)29-25(32-30)8-5-9-26(29)34/h2-4,6-7,10-15,17,32H,5,8-9,16,18-19H2,1H3,(H,31,33,35). The molecule has 0 bridgehead atoms. The maximum Gasteiger partial charge on any atom is 0.251 e. The molecule has 0 radical (unpaired) electrons. The van der Waals surface area contributed by atoms with Crippen LogP contribution in [0.5, 0.6) is 5.75 Å². The van der Waals surface area contributed by atoms with Gasteiger partial charge in [0.25, 0.3) is 5.91 Å². The molecule has 0 saturated carbocycles. The number of rotatable bonds is 9. The molecule has 1 aliphatic carbocycles. The molecule has 4 aromatic rings. The molecule has 2 N–H and O–H groups in total. The van der Waals surface area contributed by atoms with Crippen molar-refractivity contribution in [3.05, 3.63) is 101 Å². The molecule has 0 saturated heterocycles. The quantitative estimate of drug-likeness (QED) is 0.327. The van der Waals surface area contributed by atoms with Crippen LogP contribution >= 0.6 is 0 Å². The molecule has 2 aromatic carbocycles. The summed E-state index contributed by atoms with van der Waals surface area (Å²) < 4.78 is 10.7. The third kappa shape index (κ3) is 5.78. The van der Waals surface area contributed by atoms with Crippen molar-refractivity contribution < 1.29 is 19.1 Å². The van der Waals surface area contributed by atoms with Crippen LogP contribution in [0.1, 0.15) is 45.6 Å². The Kier molecular flexibility index (Phi) is 7.42. The topological polar surface area (TPSA) is 93.3 Å². The van der Waals surface area contributed by atoms with E-state index < -0.39 is 0 Å². The van der Waals surface area contributed by atoms with Gasteiger partial charge in [-0.15, -0.1) is 0 Å². The number of pyridine rings is 1. The van der Waals surface area contributed by atoms with Crippen molar-refractivity contribution in [2.75, 3.05) is 19.0 Å². The van der Waals surface area contributed by atoms with Crippen molar-refractivity contribution >= 4 is 17.5 Å². The predicted molar refractivity (Wildman–Crippen MR) is 142 cm³/mol. The lowest BCUT2D eigenvalue weighted by atomic mass is 9.90. The van der Waals surface area contributed by atoms with E-state index in [2.05, 4.69) is 27.4 Å². The summed E-state index contributed by atoms with van der Waals surface area (Å²) in [6.07, 6.45) is 4.59. The third-order valence-corrected chi connectivity index (χ3v) is 6.49. The van der Waals surface area contributed by atoms with E-state index in [9.17, 15) is 9.59 Å². The van der Waals surface area contributed by atoms with E-state index in [-0.39, 0.29) is 18.3 Å². The summed E-state index contributed by atoms with van der Waals surface area (Å²) >= 11 is 0. The Balaban J connectivity index is 1.31. The summed E-state index contributed by atoms with van der Waals surface area (Å²) in [5.74, 6) is 1.10. The number of ether oxygens (including phenoxy) is 2. The monoisotopic (exact) mass is 495 g/mol. The number of nitrogens with zero attached hydrogens (tertiary/aromatic N) is 1. The first-order valence-corrected chi connectivity index (χ1v) is 12.4. The molecule has 2 heterocycles. The van der Waals surface area contributed by atoms with Crippen molar-refractivity contribution in [2.24, 2.45) is 0 Å². The van der Waals surface area contributed by atoms with E-state index in [4.69, 9.17) is 9.47 Å². The fourth-order valence-corrected chi connectivity index (χ4v) is 4.71. The zero-order chi connectivity index (χ0) is 25.6. The minimum absolute atomic E-state index is 0.0947. The van der Waals surface area contributed by atoms with Gasteiger partial charge >= 0.3 is 0 Å². The zero-order valence-electron chi connectivity index (χ0n) is 20.8. The number of nitrogens with one attached hydrogen (secondary N) is 2. The number of ketones is 1. The lowest BCUT2D eigenvalue weighted by Crippen LogP contribution is -2.19. The number of hydrogen-bond donors (Lipinski definition) is 2. The minimum atomic E-state index is -0.288. The molecule has 188 valence electrons. The van der Waals surface area contributed by atoms with E-state index in [1.165, 1.54) is 0 Å². The van der Waals surface area contributed by atoms with Gasteiger partial charge in [0.2, 0.25) is 0 Å². The van der Waals surface area contributed by atoms with Gasteiger partial charge in [0.1, 0.15) is 18.2 Å². The van der Waals surface area contributed by atoms with Crippen LogP contribution in [0, 0.1) is 0 Å². The zero-order valence-corrected chi connectivity index (χ0v) is 20.8. The Bertz CT molecular complexity index is 1390. The number of H-pyrrole nitrogens is 1. The van der Waals surface area contributed by atoms with Gasteiger partial charge in [-0.25, -0.2) is 4.98 Å². The fourth-order valence-electron chi connectivity index (χ4n) is 4.71. The number of hydrogen-bond acceptors (Lipinski definition) is 5. The Hall–Kier alpha value is -4.23.